The van der Waals surface area contributed by atoms with Crippen LogP contribution in [0.2, 0.25) is 0 Å². The number of hydrogen-bond donors (Lipinski definition) is 0. The highest BCUT2D eigenvalue weighted by Crippen LogP contribution is 2.60. The molecule has 2 aliphatic carbocycles. The van der Waals surface area contributed by atoms with E-state index in [-0.39, 0.29) is 0 Å². The van der Waals surface area contributed by atoms with Crippen molar-refractivity contribution in [3.05, 3.63) is 191 Å². The van der Waals surface area contributed by atoms with Crippen molar-refractivity contribution in [2.24, 2.45) is 0 Å². The van der Waals surface area contributed by atoms with Crippen LogP contribution < -0.4 is 0 Å². The van der Waals surface area contributed by atoms with Crippen molar-refractivity contribution in [2.45, 2.75) is 5.41 Å². The summed E-state index contributed by atoms with van der Waals surface area (Å²) in [5.41, 5.74) is 15.2. The maximum atomic E-state index is 9.20. The minimum absolute atomic E-state index is 0.468. The molecule has 0 radical (unpaired) electrons. The van der Waals surface area contributed by atoms with Gasteiger partial charge in [-0.15, -0.1) is 0 Å². The van der Waals surface area contributed by atoms with Crippen molar-refractivity contribution in [1.29, 1.82) is 5.26 Å². The topological polar surface area (TPSA) is 23.8 Å². The molecular formula is C44H27N. The molecule has 1 unspecified atom stereocenters. The number of fused-ring (bicyclic) bond motifs is 11. The van der Waals surface area contributed by atoms with Crippen LogP contribution in [0.5, 0.6) is 0 Å². The second-order valence-corrected chi connectivity index (χ2v) is 12.0. The Bertz CT molecular complexity index is 2370. The Labute approximate surface area is 263 Å². The summed E-state index contributed by atoms with van der Waals surface area (Å²) >= 11 is 0. The number of hydrogen-bond acceptors (Lipinski definition) is 1. The van der Waals surface area contributed by atoms with Crippen molar-refractivity contribution in [3.8, 4) is 39.4 Å². The van der Waals surface area contributed by atoms with E-state index in [2.05, 4.69) is 146 Å². The molecule has 0 saturated heterocycles. The van der Waals surface area contributed by atoms with E-state index in [1.54, 1.807) is 0 Å². The summed E-state index contributed by atoms with van der Waals surface area (Å²) in [6.07, 6.45) is 4.58. The fourth-order valence-electron chi connectivity index (χ4n) is 7.73. The smallest absolute Gasteiger partial charge is 0.0991 e. The van der Waals surface area contributed by atoms with Gasteiger partial charge in [-0.2, -0.15) is 5.26 Å². The Morgan fingerprint density at radius 1 is 0.444 bits per heavy atom. The van der Waals surface area contributed by atoms with Gasteiger partial charge in [-0.25, -0.2) is 0 Å². The predicted molar refractivity (Wildman–Crippen MR) is 186 cm³/mol. The van der Waals surface area contributed by atoms with Crippen LogP contribution in [0.15, 0.2) is 152 Å². The van der Waals surface area contributed by atoms with Gasteiger partial charge < -0.3 is 0 Å². The average molecular weight is 570 g/mol. The van der Waals surface area contributed by atoms with Gasteiger partial charge in [-0.1, -0.05) is 146 Å². The standard InChI is InChI=1S/C44H27N/c45-28-29-13-15-30(16-14-29)31-17-19-32(20-18-31)36-24-23-35-22-21-34-8-2-5-11-39(34)44(42(35)27-36)40-12-6-4-10-38(40)43-37-9-3-1-7-33(37)25-26-41(43)44/h1-27H. The molecule has 9 rings (SSSR count). The van der Waals surface area contributed by atoms with Crippen molar-refractivity contribution in [2.75, 3.05) is 0 Å². The largest absolute Gasteiger partial charge is 0.192 e. The molecule has 0 aliphatic heterocycles. The average Bonchev–Trinajstić information content (AvgIpc) is 3.33. The van der Waals surface area contributed by atoms with Gasteiger partial charge in [0.05, 0.1) is 17.0 Å². The third-order valence-electron chi connectivity index (χ3n) is 9.76. The number of rotatable bonds is 2. The minimum atomic E-state index is -0.468. The number of nitriles is 1. The summed E-state index contributed by atoms with van der Waals surface area (Å²) in [4.78, 5) is 0. The summed E-state index contributed by atoms with van der Waals surface area (Å²) in [5.74, 6) is 0. The molecule has 0 bridgehead atoms. The van der Waals surface area contributed by atoms with Gasteiger partial charge in [0.2, 0.25) is 0 Å². The maximum absolute atomic E-state index is 9.20. The molecule has 1 spiro atoms. The van der Waals surface area contributed by atoms with E-state index in [0.717, 1.165) is 11.1 Å². The van der Waals surface area contributed by atoms with E-state index < -0.39 is 5.41 Å². The Morgan fingerprint density at radius 3 is 1.82 bits per heavy atom. The zero-order chi connectivity index (χ0) is 30.0. The van der Waals surface area contributed by atoms with Gasteiger partial charge in [0.25, 0.3) is 0 Å². The molecule has 1 atom stereocenters. The zero-order valence-corrected chi connectivity index (χ0v) is 24.5. The monoisotopic (exact) mass is 569 g/mol. The summed E-state index contributed by atoms with van der Waals surface area (Å²) in [6.45, 7) is 0. The van der Waals surface area contributed by atoms with E-state index in [1.807, 2.05) is 24.3 Å². The molecule has 0 aromatic heterocycles. The summed E-state index contributed by atoms with van der Waals surface area (Å²) in [5, 5.41) is 11.8. The van der Waals surface area contributed by atoms with Crippen molar-refractivity contribution in [3.63, 3.8) is 0 Å². The van der Waals surface area contributed by atoms with Crippen LogP contribution >= 0.6 is 0 Å². The molecule has 0 heterocycles. The van der Waals surface area contributed by atoms with Crippen LogP contribution in [0.25, 0.3) is 56.3 Å². The first kappa shape index (κ1) is 25.5. The fraction of sp³-hybridized carbons (Fsp3) is 0.0227. The lowest BCUT2D eigenvalue weighted by molar-refractivity contribution is 0.767. The van der Waals surface area contributed by atoms with Crippen molar-refractivity contribution >= 4 is 22.9 Å². The zero-order valence-electron chi connectivity index (χ0n) is 24.5. The predicted octanol–water partition coefficient (Wildman–Crippen LogP) is 10.9. The fourth-order valence-corrected chi connectivity index (χ4v) is 7.73. The van der Waals surface area contributed by atoms with Gasteiger partial charge in [0.15, 0.2) is 0 Å². The molecule has 2 aliphatic rings. The van der Waals surface area contributed by atoms with E-state index in [4.69, 9.17) is 0 Å². The maximum Gasteiger partial charge on any atom is 0.0991 e. The number of benzene rings is 7. The molecule has 7 aromatic rings. The molecule has 45 heavy (non-hydrogen) atoms. The molecule has 0 saturated carbocycles. The third kappa shape index (κ3) is 3.67. The second-order valence-electron chi connectivity index (χ2n) is 12.0. The van der Waals surface area contributed by atoms with Crippen LogP contribution in [0, 0.1) is 11.3 Å². The van der Waals surface area contributed by atoms with Crippen LogP contribution in [-0.2, 0) is 5.41 Å². The highest BCUT2D eigenvalue weighted by molar-refractivity contribution is 6.05. The van der Waals surface area contributed by atoms with E-state index in [1.165, 1.54) is 66.4 Å². The van der Waals surface area contributed by atoms with E-state index in [9.17, 15) is 5.26 Å². The lowest BCUT2D eigenvalue weighted by atomic mass is 9.65. The molecule has 1 heteroatoms. The molecule has 0 N–H and O–H groups in total. The first-order chi connectivity index (χ1) is 22.3. The quantitative estimate of drug-likeness (QED) is 0.203. The first-order valence-corrected chi connectivity index (χ1v) is 15.4. The lowest BCUT2D eigenvalue weighted by Gasteiger charge is -2.35. The third-order valence-corrected chi connectivity index (χ3v) is 9.76. The highest BCUT2D eigenvalue weighted by atomic mass is 14.5. The minimum Gasteiger partial charge on any atom is -0.192 e. The SMILES string of the molecule is N#Cc1ccc(-c2ccc(-c3ccc4c(c3)C3(c5ccccc5C=C4)c4ccccc4-c4c3ccc3ccccc43)cc2)cc1. The second kappa shape index (κ2) is 9.78. The Morgan fingerprint density at radius 2 is 1.04 bits per heavy atom. The van der Waals surface area contributed by atoms with Gasteiger partial charge >= 0.3 is 0 Å². The Balaban J connectivity index is 1.30. The van der Waals surface area contributed by atoms with Crippen LogP contribution in [-0.4, -0.2) is 0 Å². The molecule has 208 valence electrons. The number of nitrogens with zero attached hydrogens (tertiary/aromatic N) is 1. The van der Waals surface area contributed by atoms with Crippen LogP contribution in [0.1, 0.15) is 38.9 Å². The van der Waals surface area contributed by atoms with E-state index in [0.29, 0.717) is 5.56 Å². The highest BCUT2D eigenvalue weighted by Gasteiger charge is 2.48. The van der Waals surface area contributed by atoms with Crippen molar-refractivity contribution < 1.29 is 0 Å². The molecular weight excluding hydrogens is 542 g/mol. The van der Waals surface area contributed by atoms with Crippen molar-refractivity contribution in [1.82, 2.24) is 0 Å². The molecule has 7 aromatic carbocycles. The van der Waals surface area contributed by atoms with Crippen LogP contribution in [0.4, 0.5) is 0 Å². The lowest BCUT2D eigenvalue weighted by Crippen LogP contribution is -2.30. The normalized spacial score (nSPS) is 15.5. The Hall–Kier alpha value is -5.97. The van der Waals surface area contributed by atoms with Gasteiger partial charge in [0.1, 0.15) is 0 Å². The summed E-state index contributed by atoms with van der Waals surface area (Å²) in [6, 6.07) is 57.2. The Kier molecular flexibility index (Phi) is 5.55. The van der Waals surface area contributed by atoms with Crippen LogP contribution in [0.3, 0.4) is 0 Å². The van der Waals surface area contributed by atoms with Gasteiger partial charge in [-0.3, -0.25) is 0 Å². The summed E-state index contributed by atoms with van der Waals surface area (Å²) in [7, 11) is 0. The first-order valence-electron chi connectivity index (χ1n) is 15.4. The van der Waals surface area contributed by atoms with Gasteiger partial charge in [0, 0.05) is 0 Å². The van der Waals surface area contributed by atoms with E-state index >= 15 is 0 Å². The van der Waals surface area contributed by atoms with Gasteiger partial charge in [-0.05, 0) is 95.7 Å². The molecule has 1 nitrogen and oxygen atoms in total. The summed E-state index contributed by atoms with van der Waals surface area (Å²) < 4.78 is 0. The molecule has 0 amide bonds. The molecule has 0 fully saturated rings.